The molecule has 0 aromatic carbocycles. The molecular formula is C13H22N4O2. The summed E-state index contributed by atoms with van der Waals surface area (Å²) >= 11 is 0. The first-order valence-corrected chi connectivity index (χ1v) is 6.70. The van der Waals surface area contributed by atoms with E-state index in [1.807, 2.05) is 11.8 Å². The zero-order valence-electron chi connectivity index (χ0n) is 11.6. The maximum absolute atomic E-state index is 11.6. The first-order valence-electron chi connectivity index (χ1n) is 6.70. The van der Waals surface area contributed by atoms with Gasteiger partial charge in [0.25, 0.3) is 5.91 Å². The van der Waals surface area contributed by atoms with Crippen molar-refractivity contribution < 1.29 is 9.90 Å². The van der Waals surface area contributed by atoms with E-state index in [1.165, 1.54) is 0 Å². The third kappa shape index (κ3) is 4.82. The number of hydrogen-bond donors (Lipinski definition) is 2. The van der Waals surface area contributed by atoms with E-state index in [0.717, 1.165) is 19.4 Å². The first-order chi connectivity index (χ1) is 9.22. The summed E-state index contributed by atoms with van der Waals surface area (Å²) in [6, 6.07) is 3.42. The van der Waals surface area contributed by atoms with Gasteiger partial charge in [0, 0.05) is 19.6 Å². The molecule has 19 heavy (non-hydrogen) atoms. The van der Waals surface area contributed by atoms with Gasteiger partial charge in [-0.1, -0.05) is 13.3 Å². The number of nitrogens with one attached hydrogen (secondary N) is 1. The molecular weight excluding hydrogens is 244 g/mol. The molecule has 0 bridgehead atoms. The molecule has 1 rings (SSSR count). The van der Waals surface area contributed by atoms with Gasteiger partial charge in [0.15, 0.2) is 11.5 Å². The van der Waals surface area contributed by atoms with Crippen molar-refractivity contribution in [2.24, 2.45) is 0 Å². The summed E-state index contributed by atoms with van der Waals surface area (Å²) in [4.78, 5) is 13.5. The van der Waals surface area contributed by atoms with Gasteiger partial charge < -0.3 is 15.3 Å². The van der Waals surface area contributed by atoms with E-state index in [1.54, 1.807) is 12.1 Å². The molecule has 0 aliphatic heterocycles. The van der Waals surface area contributed by atoms with E-state index in [-0.39, 0.29) is 12.5 Å². The lowest BCUT2D eigenvalue weighted by molar-refractivity contribution is 0.0950. The van der Waals surface area contributed by atoms with Gasteiger partial charge in [-0.3, -0.25) is 4.79 Å². The maximum Gasteiger partial charge on any atom is 0.271 e. The van der Waals surface area contributed by atoms with E-state index >= 15 is 0 Å². The van der Waals surface area contributed by atoms with E-state index in [4.69, 9.17) is 5.11 Å². The van der Waals surface area contributed by atoms with Crippen LogP contribution >= 0.6 is 0 Å². The Morgan fingerprint density at radius 3 is 2.63 bits per heavy atom. The second-order valence-corrected chi connectivity index (χ2v) is 4.20. The van der Waals surface area contributed by atoms with Crippen molar-refractivity contribution in [3.8, 4) is 0 Å². The molecule has 1 heterocycles. The van der Waals surface area contributed by atoms with Gasteiger partial charge in [-0.2, -0.15) is 0 Å². The maximum atomic E-state index is 11.6. The number of unbranched alkanes of at least 4 members (excludes halogenated alkanes) is 1. The number of carbonyl (C=O) groups is 1. The van der Waals surface area contributed by atoms with Crippen molar-refractivity contribution in [2.75, 3.05) is 31.1 Å². The number of aliphatic hydroxyl groups excluding tert-OH is 1. The van der Waals surface area contributed by atoms with E-state index in [2.05, 4.69) is 22.4 Å². The highest BCUT2D eigenvalue weighted by atomic mass is 16.3. The summed E-state index contributed by atoms with van der Waals surface area (Å²) in [5.74, 6) is 0.472. The van der Waals surface area contributed by atoms with Crippen LogP contribution < -0.4 is 10.2 Å². The predicted octanol–water partition coefficient (Wildman–Crippen LogP) is 0.825. The molecule has 6 nitrogen and oxygen atoms in total. The largest absolute Gasteiger partial charge is 0.395 e. The summed E-state index contributed by atoms with van der Waals surface area (Å²) in [6.45, 7) is 5.95. The molecule has 0 aliphatic rings. The van der Waals surface area contributed by atoms with Gasteiger partial charge in [-0.05, 0) is 25.5 Å². The van der Waals surface area contributed by atoms with Crippen LogP contribution in [0, 0.1) is 0 Å². The molecule has 0 saturated heterocycles. The predicted molar refractivity (Wildman–Crippen MR) is 74.2 cm³/mol. The Balaban J connectivity index is 2.73. The van der Waals surface area contributed by atoms with Crippen molar-refractivity contribution in [1.82, 2.24) is 15.5 Å². The Morgan fingerprint density at radius 2 is 2.11 bits per heavy atom. The number of amides is 1. The highest BCUT2D eigenvalue weighted by Gasteiger charge is 2.10. The normalized spacial score (nSPS) is 10.3. The number of carbonyl (C=O) groups excluding carboxylic acids is 1. The highest BCUT2D eigenvalue weighted by molar-refractivity contribution is 5.92. The monoisotopic (exact) mass is 266 g/mol. The lowest BCUT2D eigenvalue weighted by Crippen LogP contribution is -2.29. The molecule has 6 heteroatoms. The van der Waals surface area contributed by atoms with Gasteiger partial charge in [-0.25, -0.2) is 0 Å². The molecule has 0 aliphatic carbocycles. The summed E-state index contributed by atoms with van der Waals surface area (Å²) in [6.07, 6.45) is 2.10. The Bertz CT molecular complexity index is 381. The van der Waals surface area contributed by atoms with Gasteiger partial charge in [0.2, 0.25) is 0 Å². The Morgan fingerprint density at radius 1 is 1.32 bits per heavy atom. The summed E-state index contributed by atoms with van der Waals surface area (Å²) < 4.78 is 0. The first kappa shape index (κ1) is 15.4. The Kier molecular flexibility index (Phi) is 6.81. The molecule has 106 valence electrons. The zero-order valence-corrected chi connectivity index (χ0v) is 11.6. The molecule has 0 atom stereocenters. The van der Waals surface area contributed by atoms with Crippen LogP contribution in [0.3, 0.4) is 0 Å². The minimum Gasteiger partial charge on any atom is -0.395 e. The standard InChI is InChI=1S/C13H22N4O2/c1-3-5-8-17(9-10-18)12-7-6-11(15-16-12)13(19)14-4-2/h6-7,18H,3-5,8-10H2,1-2H3,(H,14,19). The molecule has 0 spiro atoms. The minimum absolute atomic E-state index is 0.0729. The topological polar surface area (TPSA) is 78.4 Å². The molecule has 1 aromatic heterocycles. The Labute approximate surface area is 113 Å². The number of nitrogens with zero attached hydrogens (tertiary/aromatic N) is 3. The quantitative estimate of drug-likeness (QED) is 0.728. The van der Waals surface area contributed by atoms with Crippen LogP contribution in [0.4, 0.5) is 5.82 Å². The van der Waals surface area contributed by atoms with Crippen LogP contribution in [-0.2, 0) is 0 Å². The lowest BCUT2D eigenvalue weighted by atomic mass is 10.3. The number of hydrogen-bond acceptors (Lipinski definition) is 5. The number of aromatic nitrogens is 2. The van der Waals surface area contributed by atoms with Crippen molar-refractivity contribution in [3.05, 3.63) is 17.8 Å². The molecule has 0 unspecified atom stereocenters. The van der Waals surface area contributed by atoms with Crippen LogP contribution in [0.15, 0.2) is 12.1 Å². The van der Waals surface area contributed by atoms with Crippen LogP contribution in [0.2, 0.25) is 0 Å². The van der Waals surface area contributed by atoms with Gasteiger partial charge in [0.1, 0.15) is 0 Å². The van der Waals surface area contributed by atoms with Crippen molar-refractivity contribution >= 4 is 11.7 Å². The minimum atomic E-state index is -0.219. The zero-order chi connectivity index (χ0) is 14.1. The molecule has 0 saturated carbocycles. The van der Waals surface area contributed by atoms with E-state index in [0.29, 0.717) is 24.6 Å². The smallest absolute Gasteiger partial charge is 0.271 e. The molecule has 0 radical (unpaired) electrons. The summed E-state index contributed by atoms with van der Waals surface area (Å²) in [7, 11) is 0. The highest BCUT2D eigenvalue weighted by Crippen LogP contribution is 2.10. The van der Waals surface area contributed by atoms with E-state index in [9.17, 15) is 4.79 Å². The molecule has 1 aromatic rings. The van der Waals surface area contributed by atoms with Gasteiger partial charge in [-0.15, -0.1) is 10.2 Å². The molecule has 0 fully saturated rings. The van der Waals surface area contributed by atoms with Crippen molar-refractivity contribution in [1.29, 1.82) is 0 Å². The molecule has 1 amide bonds. The number of aliphatic hydroxyl groups is 1. The fourth-order valence-electron chi connectivity index (χ4n) is 1.68. The lowest BCUT2D eigenvalue weighted by Gasteiger charge is -2.21. The number of rotatable bonds is 8. The fraction of sp³-hybridized carbons (Fsp3) is 0.615. The average Bonchev–Trinajstić information content (AvgIpc) is 2.44. The molecule has 2 N–H and O–H groups in total. The van der Waals surface area contributed by atoms with Gasteiger partial charge in [0.05, 0.1) is 6.61 Å². The summed E-state index contributed by atoms with van der Waals surface area (Å²) in [5, 5.41) is 19.7. The third-order valence-electron chi connectivity index (χ3n) is 2.70. The van der Waals surface area contributed by atoms with Crippen molar-refractivity contribution in [3.63, 3.8) is 0 Å². The van der Waals surface area contributed by atoms with Crippen molar-refractivity contribution in [2.45, 2.75) is 26.7 Å². The summed E-state index contributed by atoms with van der Waals surface area (Å²) in [5.41, 5.74) is 0.310. The SMILES string of the molecule is CCCCN(CCO)c1ccc(C(=O)NCC)nn1. The van der Waals surface area contributed by atoms with Crippen LogP contribution in [0.25, 0.3) is 0 Å². The van der Waals surface area contributed by atoms with Crippen LogP contribution in [-0.4, -0.2) is 47.5 Å². The van der Waals surface area contributed by atoms with Crippen LogP contribution in [0.5, 0.6) is 0 Å². The fourth-order valence-corrected chi connectivity index (χ4v) is 1.68. The number of anilines is 1. The second-order valence-electron chi connectivity index (χ2n) is 4.20. The Hall–Kier alpha value is -1.69. The van der Waals surface area contributed by atoms with Crippen LogP contribution in [0.1, 0.15) is 37.2 Å². The van der Waals surface area contributed by atoms with Gasteiger partial charge >= 0.3 is 0 Å². The van der Waals surface area contributed by atoms with E-state index < -0.39 is 0 Å². The third-order valence-corrected chi connectivity index (χ3v) is 2.70. The second kappa shape index (κ2) is 8.42. The average molecular weight is 266 g/mol.